The van der Waals surface area contributed by atoms with Crippen LogP contribution in [0.5, 0.6) is 0 Å². The summed E-state index contributed by atoms with van der Waals surface area (Å²) in [5.74, 6) is 0. The molecule has 1 fully saturated rings. The molecular formula is C22H26BrN3O2. The second-order valence-corrected chi connectivity index (χ2v) is 8.34. The monoisotopic (exact) mass is 443 g/mol. The van der Waals surface area contributed by atoms with E-state index in [1.54, 1.807) is 0 Å². The lowest BCUT2D eigenvalue weighted by molar-refractivity contribution is 0.111. The number of hydrogen-bond donors (Lipinski definition) is 1. The van der Waals surface area contributed by atoms with Crippen molar-refractivity contribution in [3.63, 3.8) is 0 Å². The molecule has 1 aliphatic heterocycles. The summed E-state index contributed by atoms with van der Waals surface area (Å²) < 4.78 is 3.22. The van der Waals surface area contributed by atoms with Crippen molar-refractivity contribution in [3.8, 4) is 0 Å². The first-order valence-electron chi connectivity index (χ1n) is 9.94. The van der Waals surface area contributed by atoms with Crippen molar-refractivity contribution in [2.75, 3.05) is 45.9 Å². The molecule has 1 aliphatic rings. The lowest BCUT2D eigenvalue weighted by Gasteiger charge is -2.34. The van der Waals surface area contributed by atoms with Crippen molar-refractivity contribution in [3.05, 3.63) is 57.2 Å². The molecule has 0 atom stereocenters. The van der Waals surface area contributed by atoms with Crippen molar-refractivity contribution >= 4 is 37.7 Å². The van der Waals surface area contributed by atoms with E-state index in [2.05, 4.69) is 30.3 Å². The number of aliphatic hydroxyl groups excluding tert-OH is 1. The van der Waals surface area contributed by atoms with Gasteiger partial charge in [0.2, 0.25) is 0 Å². The summed E-state index contributed by atoms with van der Waals surface area (Å²) in [5.41, 5.74) is 2.11. The Morgan fingerprint density at radius 2 is 1.54 bits per heavy atom. The molecule has 2 heterocycles. The van der Waals surface area contributed by atoms with E-state index in [1.807, 2.05) is 42.5 Å². The van der Waals surface area contributed by atoms with Gasteiger partial charge in [-0.05, 0) is 43.3 Å². The number of aromatic nitrogens is 1. The predicted octanol–water partition coefficient (Wildman–Crippen LogP) is 2.92. The van der Waals surface area contributed by atoms with Crippen LogP contribution >= 0.6 is 15.9 Å². The van der Waals surface area contributed by atoms with Gasteiger partial charge in [-0.15, -0.1) is 0 Å². The fraction of sp³-hybridized carbons (Fsp3) is 0.409. The maximum absolute atomic E-state index is 12.9. The predicted molar refractivity (Wildman–Crippen MR) is 118 cm³/mol. The normalized spacial score (nSPS) is 16.2. The second-order valence-electron chi connectivity index (χ2n) is 7.42. The van der Waals surface area contributed by atoms with Crippen LogP contribution in [0.15, 0.2) is 51.7 Å². The third kappa shape index (κ3) is 4.01. The fourth-order valence-electron chi connectivity index (χ4n) is 4.17. The lowest BCUT2D eigenvalue weighted by Crippen LogP contribution is -2.47. The number of aliphatic hydroxyl groups is 1. The largest absolute Gasteiger partial charge is 0.395 e. The maximum Gasteiger partial charge on any atom is 0.197 e. The fourth-order valence-corrected chi connectivity index (χ4v) is 4.53. The molecule has 2 aromatic carbocycles. The van der Waals surface area contributed by atoms with Crippen LogP contribution in [0.2, 0.25) is 0 Å². The molecule has 0 spiro atoms. The first kappa shape index (κ1) is 19.6. The smallest absolute Gasteiger partial charge is 0.197 e. The van der Waals surface area contributed by atoms with Crippen molar-refractivity contribution in [2.45, 2.75) is 13.0 Å². The van der Waals surface area contributed by atoms with Gasteiger partial charge in [-0.3, -0.25) is 9.69 Å². The minimum absolute atomic E-state index is 0.100. The minimum atomic E-state index is 0.100. The summed E-state index contributed by atoms with van der Waals surface area (Å²) in [7, 11) is 0. The molecule has 1 N–H and O–H groups in total. The lowest BCUT2D eigenvalue weighted by atomic mass is 10.1. The number of fused-ring (bicyclic) bond motifs is 2. The number of benzene rings is 2. The van der Waals surface area contributed by atoms with Crippen LogP contribution in [0.25, 0.3) is 21.8 Å². The number of para-hydroxylation sites is 1. The molecule has 0 amide bonds. The molecule has 0 bridgehead atoms. The van der Waals surface area contributed by atoms with Gasteiger partial charge in [0.1, 0.15) is 0 Å². The molecule has 0 unspecified atom stereocenters. The van der Waals surface area contributed by atoms with Crippen LogP contribution in [0.1, 0.15) is 6.42 Å². The number of aryl methyl sites for hydroxylation is 1. The van der Waals surface area contributed by atoms with Crippen molar-refractivity contribution in [2.24, 2.45) is 0 Å². The molecular weight excluding hydrogens is 418 g/mol. The molecule has 0 saturated carbocycles. The first-order valence-corrected chi connectivity index (χ1v) is 10.7. The highest BCUT2D eigenvalue weighted by molar-refractivity contribution is 9.10. The van der Waals surface area contributed by atoms with Crippen molar-refractivity contribution < 1.29 is 5.11 Å². The Bertz CT molecular complexity index is 1030. The Morgan fingerprint density at radius 1 is 0.857 bits per heavy atom. The molecule has 5 nitrogen and oxygen atoms in total. The van der Waals surface area contributed by atoms with Crippen LogP contribution in [0.3, 0.4) is 0 Å². The summed E-state index contributed by atoms with van der Waals surface area (Å²) in [5, 5.41) is 10.6. The van der Waals surface area contributed by atoms with E-state index in [1.165, 1.54) is 0 Å². The molecule has 3 aromatic rings. The van der Waals surface area contributed by atoms with Gasteiger partial charge in [-0.1, -0.05) is 28.1 Å². The molecule has 28 heavy (non-hydrogen) atoms. The number of β-amino-alcohol motifs (C(OH)–C–C–N with tert-alkyl or cyclic N) is 1. The van der Waals surface area contributed by atoms with Gasteiger partial charge in [0.25, 0.3) is 0 Å². The van der Waals surface area contributed by atoms with Gasteiger partial charge in [0.15, 0.2) is 5.43 Å². The third-order valence-corrected chi connectivity index (χ3v) is 6.16. The molecule has 0 aliphatic carbocycles. The highest BCUT2D eigenvalue weighted by Gasteiger charge is 2.16. The Morgan fingerprint density at radius 3 is 2.29 bits per heavy atom. The summed E-state index contributed by atoms with van der Waals surface area (Å²) >= 11 is 3.50. The first-order chi connectivity index (χ1) is 13.7. The average molecular weight is 444 g/mol. The second kappa shape index (κ2) is 8.74. The standard InChI is InChI=1S/C22H26BrN3O2/c23-17-6-7-21-19(16-17)22(28)18-4-1-2-5-20(18)26(21)9-3-8-24-10-12-25(13-11-24)14-15-27/h1-2,4-7,16,27H,3,8-15H2. The summed E-state index contributed by atoms with van der Waals surface area (Å²) in [6, 6.07) is 13.9. The molecule has 4 rings (SSSR count). The van der Waals surface area contributed by atoms with E-state index in [9.17, 15) is 4.79 Å². The zero-order chi connectivity index (χ0) is 19.5. The molecule has 148 valence electrons. The minimum Gasteiger partial charge on any atom is -0.395 e. The van der Waals surface area contributed by atoms with E-state index in [-0.39, 0.29) is 12.0 Å². The van der Waals surface area contributed by atoms with Crippen LogP contribution in [-0.2, 0) is 6.54 Å². The van der Waals surface area contributed by atoms with Gasteiger partial charge in [-0.2, -0.15) is 0 Å². The zero-order valence-corrected chi connectivity index (χ0v) is 17.6. The van der Waals surface area contributed by atoms with Crippen molar-refractivity contribution in [1.29, 1.82) is 0 Å². The average Bonchev–Trinajstić information content (AvgIpc) is 2.72. The molecule has 1 saturated heterocycles. The van der Waals surface area contributed by atoms with E-state index in [0.29, 0.717) is 0 Å². The van der Waals surface area contributed by atoms with E-state index < -0.39 is 0 Å². The Hall–Kier alpha value is -1.73. The van der Waals surface area contributed by atoms with Gasteiger partial charge < -0.3 is 14.6 Å². The van der Waals surface area contributed by atoms with Crippen LogP contribution in [0.4, 0.5) is 0 Å². The maximum atomic E-state index is 12.9. The number of pyridine rings is 1. The number of rotatable bonds is 6. The Balaban J connectivity index is 1.55. The van der Waals surface area contributed by atoms with E-state index in [4.69, 9.17) is 5.11 Å². The molecule has 6 heteroatoms. The van der Waals surface area contributed by atoms with Gasteiger partial charge in [0.05, 0.1) is 17.6 Å². The van der Waals surface area contributed by atoms with Crippen LogP contribution < -0.4 is 5.43 Å². The summed E-state index contributed by atoms with van der Waals surface area (Å²) in [4.78, 5) is 17.7. The van der Waals surface area contributed by atoms with Crippen molar-refractivity contribution in [1.82, 2.24) is 14.4 Å². The van der Waals surface area contributed by atoms with Crippen LogP contribution in [0, 0.1) is 0 Å². The van der Waals surface area contributed by atoms with Gasteiger partial charge in [0, 0.05) is 54.5 Å². The molecule has 1 aromatic heterocycles. The number of hydrogen-bond acceptors (Lipinski definition) is 4. The molecule has 0 radical (unpaired) electrons. The number of nitrogens with zero attached hydrogens (tertiary/aromatic N) is 3. The number of halogens is 1. The Kier molecular flexibility index (Phi) is 6.11. The SMILES string of the molecule is O=c1c2ccccc2n(CCCN2CCN(CCO)CC2)c2ccc(Br)cc12. The Labute approximate surface area is 173 Å². The van der Waals surface area contributed by atoms with Crippen LogP contribution in [-0.4, -0.2) is 65.3 Å². The van der Waals surface area contributed by atoms with Gasteiger partial charge in [-0.25, -0.2) is 0 Å². The van der Waals surface area contributed by atoms with E-state index >= 15 is 0 Å². The zero-order valence-electron chi connectivity index (χ0n) is 16.0. The van der Waals surface area contributed by atoms with Gasteiger partial charge >= 0.3 is 0 Å². The third-order valence-electron chi connectivity index (χ3n) is 5.67. The van der Waals surface area contributed by atoms with E-state index in [0.717, 1.165) is 78.5 Å². The topological polar surface area (TPSA) is 48.7 Å². The highest BCUT2D eigenvalue weighted by atomic mass is 79.9. The summed E-state index contributed by atoms with van der Waals surface area (Å²) in [6.07, 6.45) is 1.04. The highest BCUT2D eigenvalue weighted by Crippen LogP contribution is 2.23. The number of piperazine rings is 1. The summed E-state index contributed by atoms with van der Waals surface area (Å²) in [6.45, 7) is 7.11. The quantitative estimate of drug-likeness (QED) is 0.595.